The minimum absolute atomic E-state index is 0.228. The van der Waals surface area contributed by atoms with Gasteiger partial charge in [-0.2, -0.15) is 0 Å². The lowest BCUT2D eigenvalue weighted by Crippen LogP contribution is -2.43. The predicted octanol–water partition coefficient (Wildman–Crippen LogP) is 2.77. The number of hydrogen-bond acceptors (Lipinski definition) is 2. The van der Waals surface area contributed by atoms with Crippen molar-refractivity contribution in [1.82, 2.24) is 4.90 Å². The van der Waals surface area contributed by atoms with E-state index in [1.54, 1.807) is 12.1 Å². The summed E-state index contributed by atoms with van der Waals surface area (Å²) in [7, 11) is 4.05. The summed E-state index contributed by atoms with van der Waals surface area (Å²) in [6.45, 7) is 0.869. The number of rotatable bonds is 3. The summed E-state index contributed by atoms with van der Waals surface area (Å²) in [5.41, 5.74) is 0.0615. The van der Waals surface area contributed by atoms with Crippen LogP contribution < -0.4 is 0 Å². The van der Waals surface area contributed by atoms with Gasteiger partial charge in [0.15, 0.2) is 0 Å². The zero-order valence-corrected chi connectivity index (χ0v) is 11.2. The van der Waals surface area contributed by atoms with Crippen LogP contribution in [-0.2, 0) is 5.60 Å². The molecule has 2 nitrogen and oxygen atoms in total. The van der Waals surface area contributed by atoms with Crippen molar-refractivity contribution in [1.29, 1.82) is 0 Å². The number of hydrogen-bond donors (Lipinski definition) is 1. The van der Waals surface area contributed by atoms with Crippen LogP contribution in [0, 0.1) is 11.7 Å². The van der Waals surface area contributed by atoms with Crippen molar-refractivity contribution in [3.8, 4) is 0 Å². The van der Waals surface area contributed by atoms with E-state index in [0.29, 0.717) is 0 Å². The lowest BCUT2D eigenvalue weighted by molar-refractivity contribution is -0.0618. The van der Waals surface area contributed by atoms with Crippen molar-refractivity contribution in [3.63, 3.8) is 0 Å². The number of nitrogens with zero attached hydrogens (tertiary/aromatic N) is 1. The molecule has 1 fully saturated rings. The van der Waals surface area contributed by atoms with Gasteiger partial charge in [-0.3, -0.25) is 0 Å². The fraction of sp³-hybridized carbons (Fsp3) is 0.600. The molecule has 18 heavy (non-hydrogen) atoms. The van der Waals surface area contributed by atoms with Gasteiger partial charge in [0.1, 0.15) is 5.82 Å². The molecule has 0 bridgehead atoms. The highest BCUT2D eigenvalue weighted by molar-refractivity contribution is 5.24. The van der Waals surface area contributed by atoms with Crippen LogP contribution >= 0.6 is 0 Å². The van der Waals surface area contributed by atoms with E-state index in [1.807, 2.05) is 14.1 Å². The molecule has 1 aromatic rings. The minimum Gasteiger partial charge on any atom is -0.385 e. The van der Waals surface area contributed by atoms with Crippen LogP contribution in [0.1, 0.15) is 31.2 Å². The van der Waals surface area contributed by atoms with Crippen molar-refractivity contribution in [2.24, 2.45) is 5.92 Å². The van der Waals surface area contributed by atoms with Gasteiger partial charge in [-0.1, -0.05) is 25.0 Å². The summed E-state index contributed by atoms with van der Waals surface area (Å²) in [5, 5.41) is 11.0. The van der Waals surface area contributed by atoms with E-state index < -0.39 is 5.60 Å². The van der Waals surface area contributed by atoms with Crippen LogP contribution in [0.15, 0.2) is 24.3 Å². The van der Waals surface area contributed by atoms with Gasteiger partial charge in [0.05, 0.1) is 5.60 Å². The monoisotopic (exact) mass is 251 g/mol. The maximum Gasteiger partial charge on any atom is 0.123 e. The molecule has 2 atom stereocenters. The van der Waals surface area contributed by atoms with Crippen molar-refractivity contribution in [2.45, 2.75) is 31.3 Å². The topological polar surface area (TPSA) is 23.5 Å². The fourth-order valence-electron chi connectivity index (χ4n) is 3.03. The van der Waals surface area contributed by atoms with E-state index >= 15 is 0 Å². The molecule has 3 heteroatoms. The first kappa shape index (κ1) is 13.5. The quantitative estimate of drug-likeness (QED) is 0.893. The second-order valence-electron chi connectivity index (χ2n) is 5.64. The fourth-order valence-corrected chi connectivity index (χ4v) is 3.03. The average Bonchev–Trinajstić information content (AvgIpc) is 2.32. The van der Waals surface area contributed by atoms with Gasteiger partial charge < -0.3 is 10.0 Å². The van der Waals surface area contributed by atoms with E-state index in [2.05, 4.69) is 4.90 Å². The van der Waals surface area contributed by atoms with Gasteiger partial charge in [0.25, 0.3) is 0 Å². The molecular formula is C15H22FNO. The maximum absolute atomic E-state index is 13.0. The number of benzene rings is 1. The predicted molar refractivity (Wildman–Crippen MR) is 70.8 cm³/mol. The first-order valence-electron chi connectivity index (χ1n) is 6.65. The van der Waals surface area contributed by atoms with E-state index in [-0.39, 0.29) is 11.7 Å². The molecule has 0 aliphatic heterocycles. The molecule has 100 valence electrons. The van der Waals surface area contributed by atoms with E-state index in [1.165, 1.54) is 18.6 Å². The largest absolute Gasteiger partial charge is 0.385 e. The van der Waals surface area contributed by atoms with Crippen LogP contribution in [0.4, 0.5) is 4.39 Å². The highest BCUT2D eigenvalue weighted by Crippen LogP contribution is 2.41. The Labute approximate surface area is 108 Å². The van der Waals surface area contributed by atoms with Crippen LogP contribution in [-0.4, -0.2) is 30.6 Å². The Morgan fingerprint density at radius 3 is 2.56 bits per heavy atom. The first-order valence-corrected chi connectivity index (χ1v) is 6.65. The van der Waals surface area contributed by atoms with E-state index in [4.69, 9.17) is 0 Å². The normalized spacial score (nSPS) is 28.6. The van der Waals surface area contributed by atoms with E-state index in [9.17, 15) is 9.50 Å². The summed E-state index contributed by atoms with van der Waals surface area (Å²) < 4.78 is 13.0. The molecule has 1 N–H and O–H groups in total. The highest BCUT2D eigenvalue weighted by atomic mass is 19.1. The third-order valence-electron chi connectivity index (χ3n) is 3.97. The summed E-state index contributed by atoms with van der Waals surface area (Å²) in [5.74, 6) is -0.0194. The van der Waals surface area contributed by atoms with Gasteiger partial charge in [-0.15, -0.1) is 0 Å². The Morgan fingerprint density at radius 2 is 1.94 bits per heavy atom. The van der Waals surface area contributed by atoms with Gasteiger partial charge >= 0.3 is 0 Å². The summed E-state index contributed by atoms with van der Waals surface area (Å²) >= 11 is 0. The molecule has 1 saturated carbocycles. The van der Waals surface area contributed by atoms with Crippen LogP contribution in [0.3, 0.4) is 0 Å². The third-order valence-corrected chi connectivity index (χ3v) is 3.97. The average molecular weight is 251 g/mol. The maximum atomic E-state index is 13.0. The number of aliphatic hydroxyl groups is 1. The molecular weight excluding hydrogens is 229 g/mol. The number of halogens is 1. The second-order valence-corrected chi connectivity index (χ2v) is 5.64. The SMILES string of the molecule is CN(C)C[C@H]1CCCCC1(O)c1ccc(F)cc1. The summed E-state index contributed by atoms with van der Waals surface area (Å²) in [4.78, 5) is 2.12. The summed E-state index contributed by atoms with van der Waals surface area (Å²) in [6.07, 6.45) is 4.02. The lowest BCUT2D eigenvalue weighted by atomic mass is 9.71. The van der Waals surface area contributed by atoms with Crippen molar-refractivity contribution in [2.75, 3.05) is 20.6 Å². The van der Waals surface area contributed by atoms with Gasteiger partial charge in [-0.05, 0) is 44.6 Å². The molecule has 1 aliphatic carbocycles. The van der Waals surface area contributed by atoms with Crippen molar-refractivity contribution in [3.05, 3.63) is 35.6 Å². The Bertz CT molecular complexity index is 390. The molecule has 1 unspecified atom stereocenters. The van der Waals surface area contributed by atoms with E-state index in [0.717, 1.165) is 31.4 Å². The smallest absolute Gasteiger partial charge is 0.123 e. The molecule has 0 heterocycles. The summed E-state index contributed by atoms with van der Waals surface area (Å²) in [6, 6.07) is 6.33. The second kappa shape index (κ2) is 5.37. The highest BCUT2D eigenvalue weighted by Gasteiger charge is 2.40. The molecule has 0 amide bonds. The lowest BCUT2D eigenvalue weighted by Gasteiger charge is -2.41. The van der Waals surface area contributed by atoms with Crippen LogP contribution in [0.25, 0.3) is 0 Å². The molecule has 0 radical (unpaired) electrons. The van der Waals surface area contributed by atoms with Gasteiger partial charge in [0.2, 0.25) is 0 Å². The zero-order chi connectivity index (χ0) is 13.2. The Morgan fingerprint density at radius 1 is 1.28 bits per heavy atom. The van der Waals surface area contributed by atoms with Crippen LogP contribution in [0.5, 0.6) is 0 Å². The molecule has 0 spiro atoms. The zero-order valence-electron chi connectivity index (χ0n) is 11.2. The van der Waals surface area contributed by atoms with Crippen LogP contribution in [0.2, 0.25) is 0 Å². The first-order chi connectivity index (χ1) is 8.52. The van der Waals surface area contributed by atoms with Gasteiger partial charge in [0, 0.05) is 12.5 Å². The molecule has 2 rings (SSSR count). The Balaban J connectivity index is 2.26. The molecule has 1 aliphatic rings. The van der Waals surface area contributed by atoms with Crippen molar-refractivity contribution < 1.29 is 9.50 Å². The molecule has 1 aromatic carbocycles. The molecule has 0 saturated heterocycles. The third kappa shape index (κ3) is 2.73. The standard InChI is InChI=1S/C15H22FNO/c1-17(2)11-13-5-3-4-10-15(13,18)12-6-8-14(16)9-7-12/h6-9,13,18H,3-5,10-11H2,1-2H3/t13-,15?/m1/s1. The molecule has 0 aromatic heterocycles. The van der Waals surface area contributed by atoms with Gasteiger partial charge in [-0.25, -0.2) is 4.39 Å². The minimum atomic E-state index is -0.795. The Hall–Kier alpha value is -0.930. The Kier molecular flexibility index (Phi) is 4.03. The van der Waals surface area contributed by atoms with Crippen molar-refractivity contribution >= 4 is 0 Å².